The fraction of sp³-hybridized carbons (Fsp3) is 0.667. The highest BCUT2D eigenvalue weighted by Crippen LogP contribution is 2.53. The van der Waals surface area contributed by atoms with Crippen LogP contribution in [0.15, 0.2) is 24.3 Å². The lowest BCUT2D eigenvalue weighted by molar-refractivity contribution is -0.0220. The third-order valence-corrected chi connectivity index (χ3v) is 6.02. The molecule has 4 fully saturated rings. The Kier molecular flexibility index (Phi) is 3.23. The predicted octanol–water partition coefficient (Wildman–Crippen LogP) is 3.66. The van der Waals surface area contributed by atoms with Gasteiger partial charge in [-0.2, -0.15) is 0 Å². The predicted molar refractivity (Wildman–Crippen MR) is 84.8 cm³/mol. The zero-order chi connectivity index (χ0) is 15.4. The fourth-order valence-electron chi connectivity index (χ4n) is 4.56. The van der Waals surface area contributed by atoms with E-state index in [1.165, 1.54) is 24.9 Å². The van der Waals surface area contributed by atoms with Crippen molar-refractivity contribution in [3.05, 3.63) is 29.8 Å². The average Bonchev–Trinajstić information content (AvgIpc) is 3.03. The zero-order valence-electron chi connectivity index (χ0n) is 13.2. The van der Waals surface area contributed by atoms with Crippen molar-refractivity contribution in [1.82, 2.24) is 4.90 Å². The van der Waals surface area contributed by atoms with E-state index >= 15 is 0 Å². The third kappa shape index (κ3) is 2.23. The van der Waals surface area contributed by atoms with E-state index in [9.17, 15) is 8.78 Å². The van der Waals surface area contributed by atoms with E-state index in [0.29, 0.717) is 18.5 Å². The maximum atomic E-state index is 13.3. The van der Waals surface area contributed by atoms with Gasteiger partial charge in [-0.25, -0.2) is 8.78 Å². The highest BCUT2D eigenvalue weighted by molar-refractivity contribution is 5.50. The minimum atomic E-state index is -2.47. The Labute approximate surface area is 131 Å². The van der Waals surface area contributed by atoms with E-state index in [2.05, 4.69) is 41.0 Å². The maximum absolute atomic E-state index is 13.3. The summed E-state index contributed by atoms with van der Waals surface area (Å²) >= 11 is 0. The van der Waals surface area contributed by atoms with Crippen LogP contribution in [0.5, 0.6) is 0 Å². The molecule has 1 aromatic rings. The van der Waals surface area contributed by atoms with Gasteiger partial charge in [0.1, 0.15) is 0 Å². The molecule has 3 aliphatic heterocycles. The van der Waals surface area contributed by atoms with E-state index in [1.54, 1.807) is 0 Å². The molecular formula is C18H24F2N2. The second kappa shape index (κ2) is 4.92. The molecule has 22 heavy (non-hydrogen) atoms. The number of hydrogen-bond acceptors (Lipinski definition) is 2. The van der Waals surface area contributed by atoms with Crippen molar-refractivity contribution in [1.29, 1.82) is 0 Å². The summed E-state index contributed by atoms with van der Waals surface area (Å²) in [5.74, 6) is -2.47. The number of anilines is 1. The van der Waals surface area contributed by atoms with Crippen molar-refractivity contribution < 1.29 is 8.78 Å². The highest BCUT2D eigenvalue weighted by atomic mass is 19.3. The van der Waals surface area contributed by atoms with Crippen LogP contribution in [-0.4, -0.2) is 43.0 Å². The Morgan fingerprint density at radius 2 is 1.73 bits per heavy atom. The molecule has 5 rings (SSSR count). The maximum Gasteiger partial charge on any atom is 0.251 e. The van der Waals surface area contributed by atoms with Gasteiger partial charge in [-0.05, 0) is 37.1 Å². The largest absolute Gasteiger partial charge is 0.371 e. The summed E-state index contributed by atoms with van der Waals surface area (Å²) in [5.41, 5.74) is 2.90. The summed E-state index contributed by atoms with van der Waals surface area (Å²) < 4.78 is 26.5. The molecule has 4 aliphatic rings. The molecule has 2 bridgehead atoms. The molecule has 1 saturated carbocycles. The molecule has 4 heteroatoms. The molecule has 0 radical (unpaired) electrons. The van der Waals surface area contributed by atoms with Crippen LogP contribution in [0.4, 0.5) is 14.5 Å². The molecule has 0 aromatic heterocycles. The van der Waals surface area contributed by atoms with Crippen LogP contribution in [0.3, 0.4) is 0 Å². The Morgan fingerprint density at radius 3 is 2.27 bits per heavy atom. The lowest BCUT2D eigenvalue weighted by Gasteiger charge is -2.38. The minimum absolute atomic E-state index is 0.0220. The standard InChI is InChI=1S/C18H24F2N2/c1-2-21-13-17(11-16(21)12-17)14-3-5-15(6-4-14)22-9-7-18(19,20)8-10-22/h3-6,16H,2,7-13H2,1H3. The Balaban J connectivity index is 1.46. The molecule has 0 N–H and O–H groups in total. The van der Waals surface area contributed by atoms with Gasteiger partial charge in [0.25, 0.3) is 5.92 Å². The van der Waals surface area contributed by atoms with Crippen LogP contribution in [0.25, 0.3) is 0 Å². The summed E-state index contributed by atoms with van der Waals surface area (Å²) in [7, 11) is 0. The number of benzene rings is 1. The second-order valence-electron chi connectivity index (χ2n) is 7.30. The van der Waals surface area contributed by atoms with Crippen LogP contribution in [0.2, 0.25) is 0 Å². The van der Waals surface area contributed by atoms with Gasteiger partial charge in [0.2, 0.25) is 0 Å². The van der Waals surface area contributed by atoms with E-state index in [-0.39, 0.29) is 12.8 Å². The number of likely N-dealkylation sites (N-methyl/N-ethyl adjacent to an activating group) is 1. The smallest absolute Gasteiger partial charge is 0.251 e. The van der Waals surface area contributed by atoms with Crippen molar-refractivity contribution in [2.24, 2.45) is 0 Å². The third-order valence-electron chi connectivity index (χ3n) is 6.02. The first-order valence-corrected chi connectivity index (χ1v) is 8.49. The number of fused-ring (bicyclic) bond motifs is 1. The number of halogens is 2. The number of nitrogens with zero attached hydrogens (tertiary/aromatic N) is 2. The number of piperidine rings is 1. The monoisotopic (exact) mass is 306 g/mol. The Morgan fingerprint density at radius 1 is 1.09 bits per heavy atom. The molecule has 1 aromatic carbocycles. The fourth-order valence-corrected chi connectivity index (χ4v) is 4.56. The first-order valence-electron chi connectivity index (χ1n) is 8.49. The molecule has 1 aliphatic carbocycles. The highest BCUT2D eigenvalue weighted by Gasteiger charge is 2.55. The molecule has 0 atom stereocenters. The van der Waals surface area contributed by atoms with Crippen molar-refractivity contribution in [2.45, 2.75) is 50.0 Å². The van der Waals surface area contributed by atoms with Gasteiger partial charge in [-0.15, -0.1) is 0 Å². The number of alkyl halides is 2. The summed E-state index contributed by atoms with van der Waals surface area (Å²) in [5, 5.41) is 0. The van der Waals surface area contributed by atoms with Crippen molar-refractivity contribution in [3.8, 4) is 0 Å². The molecule has 120 valence electrons. The molecular weight excluding hydrogens is 282 g/mol. The molecule has 0 spiro atoms. The summed E-state index contributed by atoms with van der Waals surface area (Å²) in [6.07, 6.45) is 2.53. The Hall–Kier alpha value is -1.16. The topological polar surface area (TPSA) is 6.48 Å². The van der Waals surface area contributed by atoms with Gasteiger partial charge < -0.3 is 4.90 Å². The minimum Gasteiger partial charge on any atom is -0.371 e. The number of hydrogen-bond donors (Lipinski definition) is 0. The van der Waals surface area contributed by atoms with Gasteiger partial charge in [0.15, 0.2) is 0 Å². The number of rotatable bonds is 3. The van der Waals surface area contributed by atoms with Crippen LogP contribution in [-0.2, 0) is 5.41 Å². The summed E-state index contributed by atoms with van der Waals surface area (Å²) in [4.78, 5) is 4.68. The lowest BCUT2D eigenvalue weighted by atomic mass is 9.66. The van der Waals surface area contributed by atoms with E-state index in [4.69, 9.17) is 0 Å². The first-order chi connectivity index (χ1) is 10.5. The van der Waals surface area contributed by atoms with Crippen LogP contribution in [0.1, 0.15) is 38.2 Å². The van der Waals surface area contributed by atoms with Crippen LogP contribution in [0, 0.1) is 0 Å². The molecule has 3 saturated heterocycles. The quantitative estimate of drug-likeness (QED) is 0.841. The zero-order valence-corrected chi connectivity index (χ0v) is 13.2. The normalized spacial score (nSPS) is 33.8. The van der Waals surface area contributed by atoms with Crippen LogP contribution < -0.4 is 4.90 Å². The van der Waals surface area contributed by atoms with E-state index < -0.39 is 5.92 Å². The van der Waals surface area contributed by atoms with Crippen molar-refractivity contribution >= 4 is 5.69 Å². The van der Waals surface area contributed by atoms with E-state index in [0.717, 1.165) is 18.3 Å². The lowest BCUT2D eigenvalue weighted by Crippen LogP contribution is -2.39. The summed E-state index contributed by atoms with van der Waals surface area (Å²) in [6, 6.07) is 9.52. The van der Waals surface area contributed by atoms with Gasteiger partial charge in [-0.3, -0.25) is 4.90 Å². The molecule has 3 heterocycles. The molecule has 2 nitrogen and oxygen atoms in total. The molecule has 0 unspecified atom stereocenters. The Bertz CT molecular complexity index is 539. The van der Waals surface area contributed by atoms with Crippen molar-refractivity contribution in [2.75, 3.05) is 31.1 Å². The van der Waals surface area contributed by atoms with Crippen LogP contribution >= 0.6 is 0 Å². The van der Waals surface area contributed by atoms with Gasteiger partial charge in [-0.1, -0.05) is 19.1 Å². The second-order valence-corrected chi connectivity index (χ2v) is 7.30. The van der Waals surface area contributed by atoms with Gasteiger partial charge in [0, 0.05) is 49.6 Å². The first kappa shape index (κ1) is 14.4. The van der Waals surface area contributed by atoms with Gasteiger partial charge in [0.05, 0.1) is 0 Å². The van der Waals surface area contributed by atoms with Gasteiger partial charge >= 0.3 is 0 Å². The van der Waals surface area contributed by atoms with Crippen molar-refractivity contribution in [3.63, 3.8) is 0 Å². The van der Waals surface area contributed by atoms with E-state index in [1.807, 2.05) is 0 Å². The summed E-state index contributed by atoms with van der Waals surface area (Å²) in [6.45, 7) is 5.49. The molecule has 0 amide bonds. The SMILES string of the molecule is CCN1CC2(c3ccc(N4CCC(F)(F)CC4)cc3)CC1C2. The average molecular weight is 306 g/mol.